The summed E-state index contributed by atoms with van der Waals surface area (Å²) in [5, 5.41) is 5.91. The summed E-state index contributed by atoms with van der Waals surface area (Å²) in [6.07, 6.45) is 2.06. The first-order valence-corrected chi connectivity index (χ1v) is 9.37. The molecule has 0 unspecified atom stereocenters. The maximum Gasteiger partial charge on any atom is 0.340 e. The Hall–Kier alpha value is -3.22. The molecule has 0 saturated carbocycles. The van der Waals surface area contributed by atoms with Gasteiger partial charge in [0.15, 0.2) is 18.1 Å². The molecule has 0 radical (unpaired) electrons. The molecule has 1 aliphatic rings. The van der Waals surface area contributed by atoms with Crippen LogP contribution in [0.5, 0.6) is 11.5 Å². The maximum atomic E-state index is 12.4. The number of rotatable bonds is 8. The zero-order chi connectivity index (χ0) is 19.8. The Kier molecular flexibility index (Phi) is 6.73. The number of para-hydroxylation sites is 1. The third-order valence-electron chi connectivity index (χ3n) is 4.15. The molecule has 2 N–H and O–H groups in total. The Balaban J connectivity index is 1.54. The minimum Gasteiger partial charge on any atom is -0.486 e. The lowest BCUT2D eigenvalue weighted by Gasteiger charge is -2.19. The van der Waals surface area contributed by atoms with Crippen LogP contribution in [-0.4, -0.2) is 38.2 Å². The minimum absolute atomic E-state index is 0.378. The Morgan fingerprint density at radius 1 is 1.07 bits per heavy atom. The Labute approximate surface area is 164 Å². The van der Waals surface area contributed by atoms with Crippen molar-refractivity contribution in [1.29, 1.82) is 0 Å². The first-order valence-electron chi connectivity index (χ1n) is 9.37. The number of anilines is 2. The molecule has 148 valence electrons. The van der Waals surface area contributed by atoms with Crippen molar-refractivity contribution in [1.82, 2.24) is 0 Å². The van der Waals surface area contributed by atoms with Gasteiger partial charge >= 0.3 is 5.97 Å². The molecule has 28 heavy (non-hydrogen) atoms. The standard InChI is InChI=1S/C21H24N2O5/c1-2-3-10-22-17-7-5-4-6-16(17)21(25)28-14-20(24)23-15-8-9-18-19(13-15)27-12-11-26-18/h4-9,13,22H,2-3,10-12,14H2,1H3,(H,23,24). The first-order chi connectivity index (χ1) is 13.7. The van der Waals surface area contributed by atoms with Crippen molar-refractivity contribution in [3.63, 3.8) is 0 Å². The second kappa shape index (κ2) is 9.64. The van der Waals surface area contributed by atoms with Crippen molar-refractivity contribution in [3.8, 4) is 11.5 Å². The fraction of sp³-hybridized carbons (Fsp3) is 0.333. The lowest BCUT2D eigenvalue weighted by atomic mass is 10.1. The van der Waals surface area contributed by atoms with Crippen molar-refractivity contribution >= 4 is 23.3 Å². The molecule has 0 aliphatic carbocycles. The lowest BCUT2D eigenvalue weighted by Crippen LogP contribution is -2.22. The zero-order valence-corrected chi connectivity index (χ0v) is 15.8. The van der Waals surface area contributed by atoms with E-state index in [-0.39, 0.29) is 6.61 Å². The van der Waals surface area contributed by atoms with Gasteiger partial charge in [-0.2, -0.15) is 0 Å². The highest BCUT2D eigenvalue weighted by atomic mass is 16.6. The number of hydrogen-bond acceptors (Lipinski definition) is 6. The Morgan fingerprint density at radius 3 is 2.68 bits per heavy atom. The van der Waals surface area contributed by atoms with Gasteiger partial charge in [-0.05, 0) is 30.7 Å². The molecule has 1 heterocycles. The normalized spacial score (nSPS) is 12.2. The summed E-state index contributed by atoms with van der Waals surface area (Å²) in [5.74, 6) is 0.245. The molecule has 7 nitrogen and oxygen atoms in total. The number of nitrogens with one attached hydrogen (secondary N) is 2. The van der Waals surface area contributed by atoms with Crippen LogP contribution in [0, 0.1) is 0 Å². The number of hydrogen-bond donors (Lipinski definition) is 2. The van der Waals surface area contributed by atoms with E-state index in [1.165, 1.54) is 0 Å². The molecule has 0 fully saturated rings. The number of carbonyl (C=O) groups is 2. The molecule has 0 spiro atoms. The average Bonchev–Trinajstić information content (AvgIpc) is 2.72. The van der Waals surface area contributed by atoms with Crippen molar-refractivity contribution < 1.29 is 23.8 Å². The average molecular weight is 384 g/mol. The molecule has 1 amide bonds. The van der Waals surface area contributed by atoms with Crippen LogP contribution >= 0.6 is 0 Å². The maximum absolute atomic E-state index is 12.4. The molecule has 2 aromatic carbocycles. The lowest BCUT2D eigenvalue weighted by molar-refractivity contribution is -0.119. The summed E-state index contributed by atoms with van der Waals surface area (Å²) in [5.41, 5.74) is 1.66. The predicted octanol–water partition coefficient (Wildman–Crippen LogP) is 3.47. The number of benzene rings is 2. The Morgan fingerprint density at radius 2 is 1.86 bits per heavy atom. The first kappa shape index (κ1) is 19.5. The highest BCUT2D eigenvalue weighted by Gasteiger charge is 2.16. The third kappa shape index (κ3) is 5.16. The van der Waals surface area contributed by atoms with E-state index in [1.807, 2.05) is 12.1 Å². The van der Waals surface area contributed by atoms with E-state index in [0.717, 1.165) is 19.4 Å². The number of carbonyl (C=O) groups excluding carboxylic acids is 2. The summed E-state index contributed by atoms with van der Waals surface area (Å²) in [6, 6.07) is 12.2. The number of esters is 1. The minimum atomic E-state index is -0.545. The molecule has 3 rings (SSSR count). The number of fused-ring (bicyclic) bond motifs is 1. The van der Waals surface area contributed by atoms with Gasteiger partial charge in [0.05, 0.1) is 5.56 Å². The molecular weight excluding hydrogens is 360 g/mol. The van der Waals surface area contributed by atoms with Crippen LogP contribution in [0.2, 0.25) is 0 Å². The van der Waals surface area contributed by atoms with E-state index in [4.69, 9.17) is 14.2 Å². The van der Waals surface area contributed by atoms with E-state index in [0.29, 0.717) is 41.7 Å². The topological polar surface area (TPSA) is 85.9 Å². The smallest absolute Gasteiger partial charge is 0.340 e. The summed E-state index contributed by atoms with van der Waals surface area (Å²) < 4.78 is 16.1. The molecule has 0 atom stereocenters. The second-order valence-electron chi connectivity index (χ2n) is 6.31. The predicted molar refractivity (Wildman–Crippen MR) is 106 cm³/mol. The number of amides is 1. The van der Waals surface area contributed by atoms with Gasteiger partial charge in [-0.1, -0.05) is 25.5 Å². The van der Waals surface area contributed by atoms with Gasteiger partial charge in [0.1, 0.15) is 13.2 Å². The molecule has 0 aromatic heterocycles. The summed E-state index contributed by atoms with van der Waals surface area (Å²) in [4.78, 5) is 24.5. The highest BCUT2D eigenvalue weighted by Crippen LogP contribution is 2.32. The molecular formula is C21H24N2O5. The molecule has 1 aliphatic heterocycles. The quantitative estimate of drug-likeness (QED) is 0.535. The van der Waals surface area contributed by atoms with Gasteiger partial charge in [-0.15, -0.1) is 0 Å². The van der Waals surface area contributed by atoms with E-state index in [1.54, 1.807) is 30.3 Å². The summed E-state index contributed by atoms with van der Waals surface area (Å²) in [6.45, 7) is 3.46. The van der Waals surface area contributed by atoms with Gasteiger partial charge in [0.25, 0.3) is 5.91 Å². The fourth-order valence-corrected chi connectivity index (χ4v) is 2.74. The second-order valence-corrected chi connectivity index (χ2v) is 6.31. The number of unbranched alkanes of at least 4 members (excludes halogenated alkanes) is 1. The van der Waals surface area contributed by atoms with Crippen molar-refractivity contribution in [2.75, 3.05) is 37.0 Å². The SMILES string of the molecule is CCCCNc1ccccc1C(=O)OCC(=O)Nc1ccc2c(c1)OCCO2. The van der Waals surface area contributed by atoms with Gasteiger partial charge in [-0.3, -0.25) is 4.79 Å². The van der Waals surface area contributed by atoms with Crippen LogP contribution < -0.4 is 20.1 Å². The van der Waals surface area contributed by atoms with Crippen LogP contribution in [-0.2, 0) is 9.53 Å². The summed E-state index contributed by atoms with van der Waals surface area (Å²) >= 11 is 0. The summed E-state index contributed by atoms with van der Waals surface area (Å²) in [7, 11) is 0. The Bertz CT molecular complexity index is 837. The van der Waals surface area contributed by atoms with Crippen molar-refractivity contribution in [3.05, 3.63) is 48.0 Å². The van der Waals surface area contributed by atoms with Gasteiger partial charge in [0, 0.05) is 24.0 Å². The molecule has 0 bridgehead atoms. The molecule has 2 aromatic rings. The molecule has 0 saturated heterocycles. The van der Waals surface area contributed by atoms with Gasteiger partial charge < -0.3 is 24.8 Å². The van der Waals surface area contributed by atoms with Crippen molar-refractivity contribution in [2.24, 2.45) is 0 Å². The van der Waals surface area contributed by atoms with E-state index in [2.05, 4.69) is 17.6 Å². The van der Waals surface area contributed by atoms with Crippen molar-refractivity contribution in [2.45, 2.75) is 19.8 Å². The van der Waals surface area contributed by atoms with E-state index in [9.17, 15) is 9.59 Å². The number of ether oxygens (including phenoxy) is 3. The third-order valence-corrected chi connectivity index (χ3v) is 4.15. The van der Waals surface area contributed by atoms with Crippen LogP contribution in [0.3, 0.4) is 0 Å². The van der Waals surface area contributed by atoms with Crippen LogP contribution in [0.1, 0.15) is 30.1 Å². The highest BCUT2D eigenvalue weighted by molar-refractivity contribution is 5.98. The molecule has 7 heteroatoms. The van der Waals surface area contributed by atoms with E-state index < -0.39 is 11.9 Å². The van der Waals surface area contributed by atoms with Crippen LogP contribution in [0.15, 0.2) is 42.5 Å². The van der Waals surface area contributed by atoms with Crippen LogP contribution in [0.25, 0.3) is 0 Å². The fourth-order valence-electron chi connectivity index (χ4n) is 2.74. The van der Waals surface area contributed by atoms with Gasteiger partial charge in [-0.25, -0.2) is 4.79 Å². The largest absolute Gasteiger partial charge is 0.486 e. The zero-order valence-electron chi connectivity index (χ0n) is 15.8. The van der Waals surface area contributed by atoms with Gasteiger partial charge in [0.2, 0.25) is 0 Å². The van der Waals surface area contributed by atoms with E-state index >= 15 is 0 Å². The monoisotopic (exact) mass is 384 g/mol. The van der Waals surface area contributed by atoms with Crippen LogP contribution in [0.4, 0.5) is 11.4 Å².